The van der Waals surface area contributed by atoms with E-state index in [0.29, 0.717) is 5.69 Å². The van der Waals surface area contributed by atoms with Crippen LogP contribution in [-0.2, 0) is 14.3 Å². The van der Waals surface area contributed by atoms with Gasteiger partial charge < -0.3 is 14.8 Å². The molecule has 32 heavy (non-hydrogen) atoms. The Labute approximate surface area is 183 Å². The molecular weight excluding hydrogens is 420 g/mol. The molecule has 1 N–H and O–H groups in total. The van der Waals surface area contributed by atoms with Crippen LogP contribution >= 0.6 is 0 Å². The van der Waals surface area contributed by atoms with E-state index < -0.39 is 25.1 Å². The maximum Gasteiger partial charge on any atom is 0.387 e. The number of esters is 1. The average molecular weight is 441 g/mol. The summed E-state index contributed by atoms with van der Waals surface area (Å²) in [5.74, 6) is -1.29. The van der Waals surface area contributed by atoms with Crippen LogP contribution in [0.2, 0.25) is 0 Å². The number of ether oxygens (including phenoxy) is 2. The van der Waals surface area contributed by atoms with Gasteiger partial charge in [-0.05, 0) is 56.3 Å². The van der Waals surface area contributed by atoms with Crippen LogP contribution < -0.4 is 10.1 Å². The normalized spacial score (nSPS) is 11.0. The highest BCUT2D eigenvalue weighted by Gasteiger charge is 2.12. The number of anilines is 1. The Hall–Kier alpha value is -4.01. The molecule has 0 fully saturated rings. The highest BCUT2D eigenvalue weighted by atomic mass is 19.3. The molecule has 0 aliphatic rings. The van der Waals surface area contributed by atoms with E-state index in [4.69, 9.17) is 4.74 Å². The molecule has 1 amide bonds. The largest absolute Gasteiger partial charge is 0.452 e. The molecule has 3 aromatic rings. The predicted molar refractivity (Wildman–Crippen MR) is 115 cm³/mol. The van der Waals surface area contributed by atoms with Crippen molar-refractivity contribution in [3.63, 3.8) is 0 Å². The van der Waals surface area contributed by atoms with Crippen LogP contribution in [0.4, 0.5) is 14.5 Å². The molecule has 0 aliphatic heterocycles. The van der Waals surface area contributed by atoms with Crippen LogP contribution in [0.5, 0.6) is 5.75 Å². The van der Waals surface area contributed by atoms with Crippen molar-refractivity contribution in [2.75, 3.05) is 11.9 Å². The summed E-state index contributed by atoms with van der Waals surface area (Å²) in [6.07, 6.45) is 2.83. The maximum absolute atomic E-state index is 12.2. The molecule has 9 heteroatoms. The third-order valence-electron chi connectivity index (χ3n) is 4.44. The smallest absolute Gasteiger partial charge is 0.387 e. The van der Waals surface area contributed by atoms with Crippen molar-refractivity contribution in [2.24, 2.45) is 0 Å². The second kappa shape index (κ2) is 10.3. The molecule has 166 valence electrons. The van der Waals surface area contributed by atoms with Crippen molar-refractivity contribution >= 4 is 23.6 Å². The van der Waals surface area contributed by atoms with E-state index in [1.807, 2.05) is 44.2 Å². The molecular formula is C23H21F2N3O4. The number of para-hydroxylation sites is 1. The Kier molecular flexibility index (Phi) is 7.33. The lowest BCUT2D eigenvalue weighted by atomic mass is 10.2. The van der Waals surface area contributed by atoms with E-state index in [1.54, 1.807) is 10.8 Å². The number of benzene rings is 2. The summed E-state index contributed by atoms with van der Waals surface area (Å²) < 4.78 is 35.3. The Balaban J connectivity index is 1.54. The van der Waals surface area contributed by atoms with Crippen LogP contribution in [0.1, 0.15) is 17.0 Å². The summed E-state index contributed by atoms with van der Waals surface area (Å²) >= 11 is 0. The molecule has 0 bridgehead atoms. The average Bonchev–Trinajstić information content (AvgIpc) is 3.06. The second-order valence-electron chi connectivity index (χ2n) is 6.72. The monoisotopic (exact) mass is 441 g/mol. The lowest BCUT2D eigenvalue weighted by molar-refractivity contribution is -0.142. The molecule has 0 unspecified atom stereocenters. The Morgan fingerprint density at radius 1 is 1.09 bits per heavy atom. The second-order valence-corrected chi connectivity index (χ2v) is 6.72. The van der Waals surface area contributed by atoms with E-state index in [1.165, 1.54) is 30.3 Å². The Morgan fingerprint density at radius 3 is 2.44 bits per heavy atom. The lowest BCUT2D eigenvalue weighted by Crippen LogP contribution is -2.20. The summed E-state index contributed by atoms with van der Waals surface area (Å²) in [4.78, 5) is 24.0. The Morgan fingerprint density at radius 2 is 1.78 bits per heavy atom. The van der Waals surface area contributed by atoms with Gasteiger partial charge in [-0.1, -0.05) is 18.2 Å². The van der Waals surface area contributed by atoms with Crippen molar-refractivity contribution < 1.29 is 27.8 Å². The van der Waals surface area contributed by atoms with Gasteiger partial charge in [0.25, 0.3) is 5.91 Å². The Bertz CT molecular complexity index is 1110. The van der Waals surface area contributed by atoms with E-state index in [9.17, 15) is 18.4 Å². The highest BCUT2D eigenvalue weighted by molar-refractivity contribution is 5.94. The number of nitrogens with one attached hydrogen (secondary N) is 1. The topological polar surface area (TPSA) is 82.5 Å². The van der Waals surface area contributed by atoms with E-state index in [-0.39, 0.29) is 5.75 Å². The highest BCUT2D eigenvalue weighted by Crippen LogP contribution is 2.19. The molecule has 2 aromatic carbocycles. The molecule has 1 aromatic heterocycles. The zero-order chi connectivity index (χ0) is 23.1. The number of aromatic nitrogens is 2. The third-order valence-corrected chi connectivity index (χ3v) is 4.44. The minimum atomic E-state index is -2.93. The zero-order valence-corrected chi connectivity index (χ0v) is 17.4. The van der Waals surface area contributed by atoms with Crippen LogP contribution in [0.15, 0.2) is 60.7 Å². The van der Waals surface area contributed by atoms with Crippen molar-refractivity contribution in [3.8, 4) is 11.4 Å². The summed E-state index contributed by atoms with van der Waals surface area (Å²) in [7, 11) is 0. The summed E-state index contributed by atoms with van der Waals surface area (Å²) in [5.41, 5.74) is 3.63. The SMILES string of the molecule is Cc1nn(-c2ccccc2)c(C)c1/C=C/C(=O)OCC(=O)Nc1ccc(OC(F)F)cc1. The van der Waals surface area contributed by atoms with Gasteiger partial charge in [-0.25, -0.2) is 9.48 Å². The van der Waals surface area contributed by atoms with Gasteiger partial charge in [-0.2, -0.15) is 13.9 Å². The van der Waals surface area contributed by atoms with E-state index in [2.05, 4.69) is 15.2 Å². The number of nitrogens with zero attached hydrogens (tertiary/aromatic N) is 2. The first kappa shape index (κ1) is 22.7. The molecule has 7 nitrogen and oxygen atoms in total. The minimum Gasteiger partial charge on any atom is -0.452 e. The van der Waals surface area contributed by atoms with Gasteiger partial charge in [-0.15, -0.1) is 0 Å². The van der Waals surface area contributed by atoms with Crippen molar-refractivity contribution in [1.82, 2.24) is 9.78 Å². The van der Waals surface area contributed by atoms with Gasteiger partial charge >= 0.3 is 12.6 Å². The first-order valence-corrected chi connectivity index (χ1v) is 9.64. The molecule has 0 spiro atoms. The number of halogens is 2. The fourth-order valence-corrected chi connectivity index (χ4v) is 2.97. The summed E-state index contributed by atoms with van der Waals surface area (Å²) in [6, 6.07) is 15.0. The molecule has 0 radical (unpaired) electrons. The molecule has 0 saturated heterocycles. The molecule has 0 aliphatic carbocycles. The molecule has 0 atom stereocenters. The fraction of sp³-hybridized carbons (Fsp3) is 0.174. The predicted octanol–water partition coefficient (Wildman–Crippen LogP) is 4.29. The van der Waals surface area contributed by atoms with Gasteiger partial charge in [0.05, 0.1) is 11.4 Å². The molecule has 0 saturated carbocycles. The number of alkyl halides is 2. The maximum atomic E-state index is 12.2. The first-order chi connectivity index (χ1) is 15.3. The van der Waals surface area contributed by atoms with Crippen molar-refractivity contribution in [2.45, 2.75) is 20.5 Å². The van der Waals surface area contributed by atoms with Crippen molar-refractivity contribution in [3.05, 3.63) is 77.6 Å². The third kappa shape index (κ3) is 6.00. The van der Waals surface area contributed by atoms with Gasteiger partial charge in [-0.3, -0.25) is 4.79 Å². The van der Waals surface area contributed by atoms with Crippen LogP contribution in [0.25, 0.3) is 11.8 Å². The standard InChI is InChI=1S/C23H21F2N3O4/c1-15-20(16(2)28(27-15)18-6-4-3-5-7-18)12-13-22(30)31-14-21(29)26-17-8-10-19(11-9-17)32-23(24)25/h3-13,23H,14H2,1-2H3,(H,26,29)/b13-12+. The van der Waals surface area contributed by atoms with Crippen LogP contribution in [0, 0.1) is 13.8 Å². The number of rotatable bonds is 8. The fourth-order valence-electron chi connectivity index (χ4n) is 2.97. The number of aryl methyl sites for hydroxylation is 1. The quantitative estimate of drug-likeness (QED) is 0.417. The lowest BCUT2D eigenvalue weighted by Gasteiger charge is -2.07. The summed E-state index contributed by atoms with van der Waals surface area (Å²) in [5, 5.41) is 6.99. The van der Waals surface area contributed by atoms with Gasteiger partial charge in [0.2, 0.25) is 0 Å². The molecule has 3 rings (SSSR count). The van der Waals surface area contributed by atoms with E-state index in [0.717, 1.165) is 22.6 Å². The van der Waals surface area contributed by atoms with Crippen molar-refractivity contribution in [1.29, 1.82) is 0 Å². The number of hydrogen-bond acceptors (Lipinski definition) is 5. The van der Waals surface area contributed by atoms with Gasteiger partial charge in [0, 0.05) is 23.0 Å². The minimum absolute atomic E-state index is 0.0317. The number of carbonyl (C=O) groups is 2. The number of carbonyl (C=O) groups excluding carboxylic acids is 2. The summed E-state index contributed by atoms with van der Waals surface area (Å²) in [6.45, 7) is 0.300. The first-order valence-electron chi connectivity index (χ1n) is 9.64. The van der Waals surface area contributed by atoms with Crippen LogP contribution in [0.3, 0.4) is 0 Å². The number of hydrogen-bond donors (Lipinski definition) is 1. The van der Waals surface area contributed by atoms with Crippen LogP contribution in [-0.4, -0.2) is 34.9 Å². The number of amides is 1. The van der Waals surface area contributed by atoms with Gasteiger partial charge in [0.1, 0.15) is 5.75 Å². The molecule has 1 heterocycles. The van der Waals surface area contributed by atoms with Gasteiger partial charge in [0.15, 0.2) is 6.61 Å². The van der Waals surface area contributed by atoms with E-state index >= 15 is 0 Å². The zero-order valence-electron chi connectivity index (χ0n) is 17.4.